The minimum atomic E-state index is -0.0112. The van der Waals surface area contributed by atoms with Crippen LogP contribution in [-0.2, 0) is 14.4 Å². The molecule has 0 bridgehead atoms. The van der Waals surface area contributed by atoms with Gasteiger partial charge in [0, 0.05) is 19.4 Å². The molecule has 2 amide bonds. The Balaban J connectivity index is 1.74. The highest BCUT2D eigenvalue weighted by molar-refractivity contribution is 5.88. The summed E-state index contributed by atoms with van der Waals surface area (Å²) in [6, 6.07) is 0. The number of amides is 2. The second-order valence-corrected chi connectivity index (χ2v) is 5.35. The largest absolute Gasteiger partial charge is 0.323 e. The van der Waals surface area contributed by atoms with Crippen molar-refractivity contribution in [2.24, 2.45) is 5.92 Å². The fourth-order valence-corrected chi connectivity index (χ4v) is 2.18. The van der Waals surface area contributed by atoms with Gasteiger partial charge in [-0.2, -0.15) is 0 Å². The number of ketones is 1. The number of carbonyl (C=O) groups is 3. The lowest BCUT2D eigenvalue weighted by molar-refractivity contribution is -0.132. The molecule has 0 unspecified atom stereocenters. The Morgan fingerprint density at radius 3 is 2.61 bits per heavy atom. The van der Waals surface area contributed by atoms with Crippen LogP contribution in [0.5, 0.6) is 0 Å². The Bertz CT molecular complexity index is 363. The maximum Gasteiger partial charge on any atom is 0.243 e. The third-order valence-corrected chi connectivity index (χ3v) is 3.47. The van der Waals surface area contributed by atoms with E-state index in [0.717, 1.165) is 6.54 Å². The standard InChI is InChI=1S/C13H20N2O3/c1-10(16)3-2-4-12(17)15-8-13(18)14(9-15)7-11-5-6-11/h11H,2-9H2,1H3. The molecule has 2 aliphatic rings. The molecule has 1 saturated carbocycles. The molecule has 0 atom stereocenters. The highest BCUT2D eigenvalue weighted by Gasteiger charge is 2.34. The van der Waals surface area contributed by atoms with Crippen LogP contribution in [0, 0.1) is 5.92 Å². The summed E-state index contributed by atoms with van der Waals surface area (Å²) in [6.07, 6.45) is 3.80. The second-order valence-electron chi connectivity index (χ2n) is 5.35. The Hall–Kier alpha value is -1.39. The molecule has 5 nitrogen and oxygen atoms in total. The third-order valence-electron chi connectivity index (χ3n) is 3.47. The Morgan fingerprint density at radius 1 is 1.28 bits per heavy atom. The molecule has 1 saturated heterocycles. The van der Waals surface area contributed by atoms with Gasteiger partial charge >= 0.3 is 0 Å². The van der Waals surface area contributed by atoms with Crippen LogP contribution in [0.1, 0.15) is 39.0 Å². The van der Waals surface area contributed by atoms with E-state index in [1.807, 2.05) is 0 Å². The van der Waals surface area contributed by atoms with Crippen LogP contribution in [0.3, 0.4) is 0 Å². The summed E-state index contributed by atoms with van der Waals surface area (Å²) in [7, 11) is 0. The van der Waals surface area contributed by atoms with Crippen molar-refractivity contribution in [2.45, 2.75) is 39.0 Å². The fourth-order valence-electron chi connectivity index (χ4n) is 2.18. The predicted octanol–water partition coefficient (Wildman–Crippen LogP) is 0.784. The molecule has 0 N–H and O–H groups in total. The normalized spacial score (nSPS) is 19.5. The quantitative estimate of drug-likeness (QED) is 0.702. The van der Waals surface area contributed by atoms with Crippen LogP contribution in [0.25, 0.3) is 0 Å². The smallest absolute Gasteiger partial charge is 0.243 e. The van der Waals surface area contributed by atoms with E-state index in [1.165, 1.54) is 19.8 Å². The van der Waals surface area contributed by atoms with Crippen molar-refractivity contribution in [1.82, 2.24) is 9.80 Å². The van der Waals surface area contributed by atoms with Crippen molar-refractivity contribution in [3.05, 3.63) is 0 Å². The highest BCUT2D eigenvalue weighted by Crippen LogP contribution is 2.30. The minimum Gasteiger partial charge on any atom is -0.323 e. The van der Waals surface area contributed by atoms with E-state index in [2.05, 4.69) is 0 Å². The average molecular weight is 252 g/mol. The van der Waals surface area contributed by atoms with Gasteiger partial charge < -0.3 is 14.6 Å². The summed E-state index contributed by atoms with van der Waals surface area (Å²) < 4.78 is 0. The summed E-state index contributed by atoms with van der Waals surface area (Å²) in [5, 5.41) is 0. The molecule has 0 aromatic carbocycles. The lowest BCUT2D eigenvalue weighted by atomic mass is 10.2. The van der Waals surface area contributed by atoms with Crippen molar-refractivity contribution in [3.63, 3.8) is 0 Å². The zero-order chi connectivity index (χ0) is 13.1. The van der Waals surface area contributed by atoms with Gasteiger partial charge in [0.15, 0.2) is 0 Å². The van der Waals surface area contributed by atoms with Crippen LogP contribution in [0.15, 0.2) is 0 Å². The molecule has 100 valence electrons. The van der Waals surface area contributed by atoms with Gasteiger partial charge in [-0.05, 0) is 32.1 Å². The molecule has 0 aromatic heterocycles. The molecule has 5 heteroatoms. The Labute approximate surface area is 107 Å². The van der Waals surface area contributed by atoms with E-state index in [9.17, 15) is 14.4 Å². The van der Waals surface area contributed by atoms with Gasteiger partial charge in [0.25, 0.3) is 0 Å². The number of hydrogen-bond acceptors (Lipinski definition) is 3. The van der Waals surface area contributed by atoms with Gasteiger partial charge in [0.05, 0.1) is 6.67 Å². The minimum absolute atomic E-state index is 0.0112. The number of nitrogens with zero attached hydrogens (tertiary/aromatic N) is 2. The van der Waals surface area contributed by atoms with Gasteiger partial charge in [-0.25, -0.2) is 0 Å². The Kier molecular flexibility index (Phi) is 3.99. The molecule has 0 radical (unpaired) electrons. The van der Waals surface area contributed by atoms with E-state index >= 15 is 0 Å². The van der Waals surface area contributed by atoms with Crippen molar-refractivity contribution in [1.29, 1.82) is 0 Å². The third kappa shape index (κ3) is 3.55. The molecule has 0 aromatic rings. The second kappa shape index (κ2) is 5.50. The maximum atomic E-state index is 11.9. The number of hydrogen-bond donors (Lipinski definition) is 0. The van der Waals surface area contributed by atoms with E-state index in [-0.39, 0.29) is 24.1 Å². The number of carbonyl (C=O) groups excluding carboxylic acids is 3. The van der Waals surface area contributed by atoms with E-state index in [1.54, 1.807) is 9.80 Å². The van der Waals surface area contributed by atoms with Crippen LogP contribution >= 0.6 is 0 Å². The van der Waals surface area contributed by atoms with Crippen LogP contribution < -0.4 is 0 Å². The predicted molar refractivity (Wildman–Crippen MR) is 65.5 cm³/mol. The van der Waals surface area contributed by atoms with Crippen LogP contribution in [0.4, 0.5) is 0 Å². The summed E-state index contributed by atoms with van der Waals surface area (Å²) in [5.41, 5.74) is 0. The lowest BCUT2D eigenvalue weighted by Gasteiger charge is -2.17. The van der Waals surface area contributed by atoms with Crippen molar-refractivity contribution in [3.8, 4) is 0 Å². The van der Waals surface area contributed by atoms with Crippen molar-refractivity contribution >= 4 is 17.6 Å². The first-order valence-electron chi connectivity index (χ1n) is 6.61. The summed E-state index contributed by atoms with van der Waals surface area (Å²) >= 11 is 0. The van der Waals surface area contributed by atoms with Gasteiger partial charge in [-0.3, -0.25) is 9.59 Å². The van der Waals surface area contributed by atoms with Crippen molar-refractivity contribution < 1.29 is 14.4 Å². The van der Waals surface area contributed by atoms with Gasteiger partial charge in [-0.1, -0.05) is 0 Å². The van der Waals surface area contributed by atoms with E-state index in [4.69, 9.17) is 0 Å². The van der Waals surface area contributed by atoms with Gasteiger partial charge in [0.2, 0.25) is 11.8 Å². The molecule has 2 fully saturated rings. The first kappa shape index (κ1) is 13.1. The van der Waals surface area contributed by atoms with Crippen molar-refractivity contribution in [2.75, 3.05) is 19.8 Å². The summed E-state index contributed by atoms with van der Waals surface area (Å²) in [6.45, 7) is 2.98. The zero-order valence-corrected chi connectivity index (χ0v) is 10.9. The molecule has 1 aliphatic heterocycles. The first-order valence-corrected chi connectivity index (χ1v) is 6.61. The number of Topliss-reactive ketones (excluding diaryl/α,β-unsaturated/α-hetero) is 1. The SMILES string of the molecule is CC(=O)CCCC(=O)N1CC(=O)N(CC2CC2)C1. The molecule has 0 spiro atoms. The van der Waals surface area contributed by atoms with Gasteiger partial charge in [0.1, 0.15) is 12.3 Å². The van der Waals surface area contributed by atoms with Gasteiger partial charge in [-0.15, -0.1) is 0 Å². The van der Waals surface area contributed by atoms with E-state index in [0.29, 0.717) is 31.8 Å². The lowest BCUT2D eigenvalue weighted by Crippen LogP contribution is -2.32. The molecule has 2 rings (SSSR count). The van der Waals surface area contributed by atoms with Crippen LogP contribution in [0.2, 0.25) is 0 Å². The molecule has 1 aliphatic carbocycles. The monoisotopic (exact) mass is 252 g/mol. The fraction of sp³-hybridized carbons (Fsp3) is 0.769. The molecule has 18 heavy (non-hydrogen) atoms. The van der Waals surface area contributed by atoms with E-state index < -0.39 is 0 Å². The maximum absolute atomic E-state index is 11.9. The topological polar surface area (TPSA) is 57.7 Å². The molecular formula is C13H20N2O3. The first-order chi connectivity index (χ1) is 8.56. The summed E-state index contributed by atoms with van der Waals surface area (Å²) in [5.74, 6) is 0.807. The molecule has 1 heterocycles. The summed E-state index contributed by atoms with van der Waals surface area (Å²) in [4.78, 5) is 37.7. The average Bonchev–Trinajstić information content (AvgIpc) is 3.02. The molecular weight excluding hydrogens is 232 g/mol. The Morgan fingerprint density at radius 2 is 2.00 bits per heavy atom. The van der Waals surface area contributed by atoms with Crippen LogP contribution in [-0.4, -0.2) is 47.2 Å². The highest BCUT2D eigenvalue weighted by atomic mass is 16.2. The number of rotatable bonds is 6. The zero-order valence-electron chi connectivity index (χ0n) is 10.9.